The van der Waals surface area contributed by atoms with Gasteiger partial charge in [-0.2, -0.15) is 0 Å². The summed E-state index contributed by atoms with van der Waals surface area (Å²) in [6.07, 6.45) is 0.420. The summed E-state index contributed by atoms with van der Waals surface area (Å²) in [5.74, 6) is -4.51. The fourth-order valence-electron chi connectivity index (χ4n) is 4.11. The highest BCUT2D eigenvalue weighted by Gasteiger charge is 2.55. The van der Waals surface area contributed by atoms with Gasteiger partial charge >= 0.3 is 0 Å². The van der Waals surface area contributed by atoms with Gasteiger partial charge in [0.2, 0.25) is 17.6 Å². The molecular weight excluding hydrogens is 377 g/mol. The zero-order valence-electron chi connectivity index (χ0n) is 17.1. The Labute approximate surface area is 169 Å². The molecule has 1 N–H and O–H groups in total. The molecule has 0 aliphatic carbocycles. The Balaban J connectivity index is 1.84. The minimum Gasteiger partial charge on any atom is -0.350 e. The molecule has 3 atom stereocenters. The van der Waals surface area contributed by atoms with Crippen molar-refractivity contribution in [2.24, 2.45) is 11.8 Å². The van der Waals surface area contributed by atoms with E-state index in [2.05, 4.69) is 5.32 Å². The Morgan fingerprint density at radius 1 is 1.17 bits per heavy atom. The summed E-state index contributed by atoms with van der Waals surface area (Å²) in [6.45, 7) is 6.06. The van der Waals surface area contributed by atoms with Crippen LogP contribution in [0.1, 0.15) is 32.8 Å². The summed E-state index contributed by atoms with van der Waals surface area (Å²) >= 11 is 0. The molecule has 2 aliphatic heterocycles. The summed E-state index contributed by atoms with van der Waals surface area (Å²) in [4.78, 5) is 53.8. The van der Waals surface area contributed by atoms with Crippen molar-refractivity contribution >= 4 is 23.5 Å². The number of hydrogen-bond acceptors (Lipinski definition) is 4. The van der Waals surface area contributed by atoms with Crippen LogP contribution in [-0.2, 0) is 25.7 Å². The van der Waals surface area contributed by atoms with Crippen LogP contribution < -0.4 is 5.32 Å². The van der Waals surface area contributed by atoms with Crippen LogP contribution in [0.4, 0.5) is 4.39 Å². The highest BCUT2D eigenvalue weighted by Crippen LogP contribution is 2.35. The molecular formula is C21H26FN3O4. The SMILES string of the molecule is CN1C(=O)C(=O)C2C(=O)N(Cc3ccc(F)cc3)CCC2C1C(=O)NC(C)(C)C. The number of nitrogens with one attached hydrogen (secondary N) is 1. The Bertz CT molecular complexity index is 846. The van der Waals surface area contributed by atoms with Crippen molar-refractivity contribution in [3.05, 3.63) is 35.6 Å². The summed E-state index contributed by atoms with van der Waals surface area (Å²) in [5, 5.41) is 2.85. The van der Waals surface area contributed by atoms with E-state index in [4.69, 9.17) is 0 Å². The molecule has 3 rings (SSSR count). The fourth-order valence-corrected chi connectivity index (χ4v) is 4.11. The van der Waals surface area contributed by atoms with Gasteiger partial charge in [0.1, 0.15) is 17.8 Å². The number of amides is 3. The minimum atomic E-state index is -1.16. The van der Waals surface area contributed by atoms with Crippen LogP contribution >= 0.6 is 0 Å². The Morgan fingerprint density at radius 2 is 1.79 bits per heavy atom. The molecule has 3 amide bonds. The number of ketones is 1. The second kappa shape index (κ2) is 7.57. The van der Waals surface area contributed by atoms with Crippen LogP contribution in [0.15, 0.2) is 24.3 Å². The number of piperidine rings is 2. The molecule has 2 fully saturated rings. The normalized spacial score (nSPS) is 25.1. The van der Waals surface area contributed by atoms with Gasteiger partial charge in [-0.25, -0.2) is 4.39 Å². The molecule has 0 radical (unpaired) electrons. The zero-order valence-corrected chi connectivity index (χ0v) is 17.1. The summed E-state index contributed by atoms with van der Waals surface area (Å²) in [6, 6.07) is 4.90. The van der Waals surface area contributed by atoms with Crippen LogP contribution in [0.3, 0.4) is 0 Å². The molecule has 0 spiro atoms. The van der Waals surface area contributed by atoms with E-state index < -0.39 is 41.0 Å². The molecule has 8 heteroatoms. The molecule has 29 heavy (non-hydrogen) atoms. The van der Waals surface area contributed by atoms with Crippen LogP contribution in [0.5, 0.6) is 0 Å². The molecule has 2 aliphatic rings. The van der Waals surface area contributed by atoms with E-state index in [1.165, 1.54) is 24.1 Å². The first kappa shape index (κ1) is 21.0. The number of likely N-dealkylation sites (tertiary alicyclic amines) is 2. The number of Topliss-reactive ketones (excluding diaryl/α,β-unsaturated/α-hetero) is 1. The zero-order chi connectivity index (χ0) is 21.5. The summed E-state index contributed by atoms with van der Waals surface area (Å²) in [7, 11) is 1.43. The third-order valence-corrected chi connectivity index (χ3v) is 5.43. The van der Waals surface area contributed by atoms with Crippen molar-refractivity contribution in [1.82, 2.24) is 15.1 Å². The van der Waals surface area contributed by atoms with Gasteiger partial charge in [0.25, 0.3) is 5.91 Å². The number of carbonyl (C=O) groups is 4. The number of likely N-dealkylation sites (N-methyl/N-ethyl adjacent to an activating group) is 1. The molecule has 0 saturated carbocycles. The highest BCUT2D eigenvalue weighted by atomic mass is 19.1. The molecule has 1 aromatic carbocycles. The topological polar surface area (TPSA) is 86.8 Å². The van der Waals surface area contributed by atoms with Crippen molar-refractivity contribution in [3.63, 3.8) is 0 Å². The van der Waals surface area contributed by atoms with Crippen LogP contribution in [0.2, 0.25) is 0 Å². The van der Waals surface area contributed by atoms with E-state index in [9.17, 15) is 23.6 Å². The Hall–Kier alpha value is -2.77. The fraction of sp³-hybridized carbons (Fsp3) is 0.524. The molecule has 156 valence electrons. The Morgan fingerprint density at radius 3 is 2.38 bits per heavy atom. The van der Waals surface area contributed by atoms with E-state index >= 15 is 0 Å². The van der Waals surface area contributed by atoms with Gasteiger partial charge in [0.15, 0.2) is 0 Å². The monoisotopic (exact) mass is 403 g/mol. The maximum absolute atomic E-state index is 13.1. The maximum Gasteiger partial charge on any atom is 0.291 e. The number of nitrogens with zero attached hydrogens (tertiary/aromatic N) is 2. The van der Waals surface area contributed by atoms with Gasteiger partial charge in [-0.05, 0) is 44.9 Å². The van der Waals surface area contributed by atoms with Crippen molar-refractivity contribution in [3.8, 4) is 0 Å². The van der Waals surface area contributed by atoms with E-state index in [0.29, 0.717) is 13.0 Å². The number of carbonyl (C=O) groups excluding carboxylic acids is 4. The van der Waals surface area contributed by atoms with Gasteiger partial charge in [-0.3, -0.25) is 19.2 Å². The number of rotatable bonds is 3. The third-order valence-electron chi connectivity index (χ3n) is 5.43. The first-order valence-corrected chi connectivity index (χ1v) is 9.66. The molecule has 0 bridgehead atoms. The third kappa shape index (κ3) is 4.16. The largest absolute Gasteiger partial charge is 0.350 e. The van der Waals surface area contributed by atoms with E-state index in [1.807, 2.05) is 20.8 Å². The molecule has 3 unspecified atom stereocenters. The first-order valence-electron chi connectivity index (χ1n) is 9.66. The second-order valence-electron chi connectivity index (χ2n) is 8.78. The van der Waals surface area contributed by atoms with Gasteiger partial charge in [-0.15, -0.1) is 0 Å². The standard InChI is InChI=1S/C21H26FN3O4/c1-21(2,3)23-18(27)16-14-9-10-25(11-12-5-7-13(22)8-6-12)19(28)15(14)17(26)20(29)24(16)4/h5-8,14-16H,9-11H2,1-4H3,(H,23,27). The average molecular weight is 403 g/mol. The number of fused-ring (bicyclic) bond motifs is 1. The second-order valence-corrected chi connectivity index (χ2v) is 8.78. The van der Waals surface area contributed by atoms with Crippen LogP contribution in [0.25, 0.3) is 0 Å². The van der Waals surface area contributed by atoms with Gasteiger partial charge in [0, 0.05) is 31.6 Å². The molecule has 7 nitrogen and oxygen atoms in total. The number of benzene rings is 1. The smallest absolute Gasteiger partial charge is 0.291 e. The summed E-state index contributed by atoms with van der Waals surface area (Å²) < 4.78 is 13.1. The van der Waals surface area contributed by atoms with Crippen LogP contribution in [-0.4, -0.2) is 58.5 Å². The average Bonchev–Trinajstić information content (AvgIpc) is 2.62. The number of hydrogen-bond donors (Lipinski definition) is 1. The lowest BCUT2D eigenvalue weighted by Crippen LogP contribution is -2.66. The lowest BCUT2D eigenvalue weighted by Gasteiger charge is -2.46. The molecule has 2 saturated heterocycles. The minimum absolute atomic E-state index is 0.221. The maximum atomic E-state index is 13.1. The van der Waals surface area contributed by atoms with Gasteiger partial charge in [0.05, 0.1) is 0 Å². The van der Waals surface area contributed by atoms with Crippen molar-refractivity contribution in [2.75, 3.05) is 13.6 Å². The molecule has 0 aromatic heterocycles. The molecule has 2 heterocycles. The molecule has 1 aromatic rings. The van der Waals surface area contributed by atoms with E-state index in [1.54, 1.807) is 12.1 Å². The summed E-state index contributed by atoms with van der Waals surface area (Å²) in [5.41, 5.74) is 0.220. The van der Waals surface area contributed by atoms with Crippen molar-refractivity contribution in [1.29, 1.82) is 0 Å². The van der Waals surface area contributed by atoms with Gasteiger partial charge in [-0.1, -0.05) is 12.1 Å². The van der Waals surface area contributed by atoms with E-state index in [0.717, 1.165) is 10.5 Å². The lowest BCUT2D eigenvalue weighted by atomic mass is 9.73. The number of halogens is 1. The van der Waals surface area contributed by atoms with Crippen molar-refractivity contribution in [2.45, 2.75) is 45.3 Å². The predicted octanol–water partition coefficient (Wildman–Crippen LogP) is 1.11. The highest BCUT2D eigenvalue weighted by molar-refractivity contribution is 6.41. The predicted molar refractivity (Wildman–Crippen MR) is 103 cm³/mol. The quantitative estimate of drug-likeness (QED) is 0.605. The van der Waals surface area contributed by atoms with Crippen molar-refractivity contribution < 1.29 is 23.6 Å². The van der Waals surface area contributed by atoms with E-state index in [-0.39, 0.29) is 18.3 Å². The first-order chi connectivity index (χ1) is 13.5. The van der Waals surface area contributed by atoms with Crippen LogP contribution in [0, 0.1) is 17.7 Å². The Kier molecular flexibility index (Phi) is 5.47. The van der Waals surface area contributed by atoms with Gasteiger partial charge < -0.3 is 15.1 Å². The lowest BCUT2D eigenvalue weighted by molar-refractivity contribution is -0.167.